The minimum Gasteiger partial charge on any atom is -0.354 e. The number of aromatic nitrogens is 3. The minimum absolute atomic E-state index is 0.0159. The lowest BCUT2D eigenvalue weighted by Gasteiger charge is -2.30. The van der Waals surface area contributed by atoms with Gasteiger partial charge in [-0.05, 0) is 30.5 Å². The van der Waals surface area contributed by atoms with Crippen LogP contribution >= 0.6 is 0 Å². The van der Waals surface area contributed by atoms with Gasteiger partial charge in [-0.3, -0.25) is 4.79 Å². The second-order valence-electron chi connectivity index (χ2n) is 6.87. The molecule has 1 saturated carbocycles. The van der Waals surface area contributed by atoms with Crippen LogP contribution in [0, 0.1) is 0 Å². The molecular formula is C20H22N4O. The summed E-state index contributed by atoms with van der Waals surface area (Å²) >= 11 is 0. The Bertz CT molecular complexity index is 866. The highest BCUT2D eigenvalue weighted by atomic mass is 16.2. The Balaban J connectivity index is 1.45. The van der Waals surface area contributed by atoms with Crippen LogP contribution in [0.1, 0.15) is 31.2 Å². The number of hydrogen-bond acceptors (Lipinski definition) is 3. The number of carbonyl (C=O) groups excluding carboxylic acids is 1. The van der Waals surface area contributed by atoms with Gasteiger partial charge in [0, 0.05) is 12.0 Å². The first-order chi connectivity index (χ1) is 12.3. The van der Waals surface area contributed by atoms with Gasteiger partial charge in [0.05, 0.1) is 5.52 Å². The van der Waals surface area contributed by atoms with Crippen LogP contribution in [0.15, 0.2) is 54.6 Å². The van der Waals surface area contributed by atoms with Crippen molar-refractivity contribution in [3.8, 4) is 0 Å². The summed E-state index contributed by atoms with van der Waals surface area (Å²) in [4.78, 5) is 12.5. The molecule has 0 saturated heterocycles. The summed E-state index contributed by atoms with van der Waals surface area (Å²) in [6, 6.07) is 18.3. The molecule has 3 aromatic rings. The van der Waals surface area contributed by atoms with Crippen LogP contribution in [-0.2, 0) is 16.8 Å². The molecule has 0 aliphatic heterocycles. The smallest absolute Gasteiger partial charge is 0.241 e. The molecule has 0 radical (unpaired) electrons. The predicted molar refractivity (Wildman–Crippen MR) is 97.1 cm³/mol. The summed E-state index contributed by atoms with van der Waals surface area (Å²) in [7, 11) is 0. The van der Waals surface area contributed by atoms with Crippen molar-refractivity contribution in [3.05, 3.63) is 60.2 Å². The van der Waals surface area contributed by atoms with Crippen molar-refractivity contribution >= 4 is 16.9 Å². The van der Waals surface area contributed by atoms with Crippen LogP contribution in [0.5, 0.6) is 0 Å². The van der Waals surface area contributed by atoms with Crippen molar-refractivity contribution in [2.75, 3.05) is 6.54 Å². The monoisotopic (exact) mass is 334 g/mol. The molecule has 1 amide bonds. The largest absolute Gasteiger partial charge is 0.354 e. The maximum atomic E-state index is 12.5. The fraction of sp³-hybridized carbons (Fsp3) is 0.350. The SMILES string of the molecule is O=C(Cn1nnc2ccccc21)NCC1(c2ccccc2)CCCC1. The van der Waals surface area contributed by atoms with E-state index in [9.17, 15) is 4.79 Å². The molecule has 5 nitrogen and oxygen atoms in total. The molecule has 1 aliphatic carbocycles. The van der Waals surface area contributed by atoms with E-state index in [-0.39, 0.29) is 17.9 Å². The number of rotatable bonds is 5. The molecule has 1 N–H and O–H groups in total. The first-order valence-corrected chi connectivity index (χ1v) is 8.87. The van der Waals surface area contributed by atoms with E-state index in [0.717, 1.165) is 23.9 Å². The third-order valence-corrected chi connectivity index (χ3v) is 5.28. The third-order valence-electron chi connectivity index (χ3n) is 5.28. The third kappa shape index (κ3) is 3.14. The van der Waals surface area contributed by atoms with Crippen molar-refractivity contribution in [2.24, 2.45) is 0 Å². The highest BCUT2D eigenvalue weighted by Crippen LogP contribution is 2.40. The van der Waals surface area contributed by atoms with Crippen LogP contribution in [-0.4, -0.2) is 27.4 Å². The lowest BCUT2D eigenvalue weighted by atomic mass is 9.79. The second kappa shape index (κ2) is 6.67. The highest BCUT2D eigenvalue weighted by molar-refractivity contribution is 5.79. The van der Waals surface area contributed by atoms with Crippen LogP contribution < -0.4 is 5.32 Å². The van der Waals surface area contributed by atoms with Crippen LogP contribution in [0.25, 0.3) is 11.0 Å². The summed E-state index contributed by atoms with van der Waals surface area (Å²) < 4.78 is 1.66. The van der Waals surface area contributed by atoms with E-state index in [2.05, 4.69) is 39.9 Å². The van der Waals surface area contributed by atoms with E-state index in [0.29, 0.717) is 6.54 Å². The van der Waals surface area contributed by atoms with Gasteiger partial charge in [-0.25, -0.2) is 4.68 Å². The van der Waals surface area contributed by atoms with E-state index >= 15 is 0 Å². The van der Waals surface area contributed by atoms with E-state index < -0.39 is 0 Å². The molecule has 0 spiro atoms. The first kappa shape index (κ1) is 15.8. The summed E-state index contributed by atoms with van der Waals surface area (Å²) in [6.07, 6.45) is 4.70. The van der Waals surface area contributed by atoms with Crippen LogP contribution in [0.4, 0.5) is 0 Å². The molecule has 0 unspecified atom stereocenters. The van der Waals surface area contributed by atoms with E-state index in [4.69, 9.17) is 0 Å². The van der Waals surface area contributed by atoms with Gasteiger partial charge in [0.25, 0.3) is 0 Å². The maximum absolute atomic E-state index is 12.5. The maximum Gasteiger partial charge on any atom is 0.241 e. The average molecular weight is 334 g/mol. The second-order valence-corrected chi connectivity index (χ2v) is 6.87. The number of fused-ring (bicyclic) bond motifs is 1. The van der Waals surface area contributed by atoms with Crippen molar-refractivity contribution in [3.63, 3.8) is 0 Å². The topological polar surface area (TPSA) is 59.8 Å². The Morgan fingerprint density at radius 3 is 2.56 bits per heavy atom. The Labute approximate surface area is 147 Å². The van der Waals surface area contributed by atoms with Crippen molar-refractivity contribution in [1.82, 2.24) is 20.3 Å². The first-order valence-electron chi connectivity index (χ1n) is 8.87. The number of benzene rings is 2. The zero-order chi connectivity index (χ0) is 17.1. The van der Waals surface area contributed by atoms with Crippen LogP contribution in [0.3, 0.4) is 0 Å². The standard InChI is InChI=1S/C20H22N4O/c25-19(14-24-18-11-5-4-10-17(18)22-23-24)21-15-20(12-6-7-13-20)16-8-2-1-3-9-16/h1-5,8-11H,6-7,12-15H2,(H,21,25). The molecule has 0 atom stereocenters. The van der Waals surface area contributed by atoms with Crippen molar-refractivity contribution < 1.29 is 4.79 Å². The normalized spacial score (nSPS) is 16.2. The van der Waals surface area contributed by atoms with Gasteiger partial charge in [0.15, 0.2) is 0 Å². The van der Waals surface area contributed by atoms with Crippen molar-refractivity contribution in [2.45, 2.75) is 37.6 Å². The lowest BCUT2D eigenvalue weighted by molar-refractivity contribution is -0.122. The number of nitrogens with zero attached hydrogens (tertiary/aromatic N) is 3. The molecule has 1 fully saturated rings. The van der Waals surface area contributed by atoms with Gasteiger partial charge in [-0.2, -0.15) is 0 Å². The molecule has 128 valence electrons. The Kier molecular flexibility index (Phi) is 4.22. The Morgan fingerprint density at radius 2 is 1.76 bits per heavy atom. The molecule has 0 bridgehead atoms. The zero-order valence-corrected chi connectivity index (χ0v) is 14.2. The molecule has 2 aromatic carbocycles. The number of carbonyl (C=O) groups is 1. The number of nitrogens with one attached hydrogen (secondary N) is 1. The molecule has 1 aromatic heterocycles. The number of amides is 1. The summed E-state index contributed by atoms with van der Waals surface area (Å²) in [6.45, 7) is 0.883. The summed E-state index contributed by atoms with van der Waals surface area (Å²) in [5.74, 6) is -0.0159. The summed E-state index contributed by atoms with van der Waals surface area (Å²) in [5, 5.41) is 11.3. The van der Waals surface area contributed by atoms with Gasteiger partial charge in [-0.15, -0.1) is 5.10 Å². The minimum atomic E-state index is -0.0159. The average Bonchev–Trinajstić information content (AvgIpc) is 3.29. The van der Waals surface area contributed by atoms with Gasteiger partial charge in [0.2, 0.25) is 5.91 Å². The molecule has 25 heavy (non-hydrogen) atoms. The molecule has 1 heterocycles. The van der Waals surface area contributed by atoms with Gasteiger partial charge < -0.3 is 5.32 Å². The van der Waals surface area contributed by atoms with Gasteiger partial charge in [0.1, 0.15) is 12.1 Å². The number of hydrogen-bond donors (Lipinski definition) is 1. The van der Waals surface area contributed by atoms with Crippen LogP contribution in [0.2, 0.25) is 0 Å². The Morgan fingerprint density at radius 1 is 1.04 bits per heavy atom. The fourth-order valence-corrected chi connectivity index (χ4v) is 3.90. The lowest BCUT2D eigenvalue weighted by Crippen LogP contribution is -2.40. The zero-order valence-electron chi connectivity index (χ0n) is 14.2. The molecule has 4 rings (SSSR count). The van der Waals surface area contributed by atoms with Crippen molar-refractivity contribution in [1.29, 1.82) is 0 Å². The van der Waals surface area contributed by atoms with E-state index in [1.165, 1.54) is 18.4 Å². The van der Waals surface area contributed by atoms with Gasteiger partial charge in [-0.1, -0.05) is 60.5 Å². The van der Waals surface area contributed by atoms with E-state index in [1.54, 1.807) is 4.68 Å². The molecule has 1 aliphatic rings. The predicted octanol–water partition coefficient (Wildman–Crippen LogP) is 3.06. The van der Waals surface area contributed by atoms with Gasteiger partial charge >= 0.3 is 0 Å². The summed E-state index contributed by atoms with van der Waals surface area (Å²) in [5.41, 5.74) is 3.10. The fourth-order valence-electron chi connectivity index (χ4n) is 3.90. The van der Waals surface area contributed by atoms with E-state index in [1.807, 2.05) is 30.3 Å². The molecule has 5 heteroatoms. The Hall–Kier alpha value is -2.69. The number of para-hydroxylation sites is 1. The highest BCUT2D eigenvalue weighted by Gasteiger charge is 2.35. The quantitative estimate of drug-likeness (QED) is 0.780. The molecular weight excluding hydrogens is 312 g/mol.